The van der Waals surface area contributed by atoms with E-state index < -0.39 is 0 Å². The summed E-state index contributed by atoms with van der Waals surface area (Å²) in [5, 5.41) is 9.83. The summed E-state index contributed by atoms with van der Waals surface area (Å²) in [6.07, 6.45) is 5.48. The van der Waals surface area contributed by atoms with Crippen LogP contribution >= 0.6 is 22.9 Å². The van der Waals surface area contributed by atoms with E-state index in [2.05, 4.69) is 36.1 Å². The Kier molecular flexibility index (Phi) is 9.85. The van der Waals surface area contributed by atoms with Gasteiger partial charge in [-0.3, -0.25) is 0 Å². The standard InChI is InChI=1S/C25H34ClNO4S/c1-3-4-5-6-19(15-28)18-7-9-20(10-8-18)27-14-13-22(26)23(27)17-31-16-21-11-12-24(32-21)25(29)30-2/h7-12,19,22-23,28H,3-6,13-17H2,1-2H3. The first-order valence-electron chi connectivity index (χ1n) is 11.4. The quantitative estimate of drug-likeness (QED) is 0.244. The zero-order valence-electron chi connectivity index (χ0n) is 19.0. The first-order valence-corrected chi connectivity index (χ1v) is 12.7. The predicted octanol–water partition coefficient (Wildman–Crippen LogP) is 5.59. The minimum atomic E-state index is -0.318. The smallest absolute Gasteiger partial charge is 0.348 e. The number of carbonyl (C=O) groups is 1. The zero-order valence-corrected chi connectivity index (χ0v) is 20.5. The van der Waals surface area contributed by atoms with E-state index in [1.807, 2.05) is 6.07 Å². The van der Waals surface area contributed by atoms with Crippen LogP contribution in [0.5, 0.6) is 0 Å². The van der Waals surface area contributed by atoms with E-state index in [9.17, 15) is 9.90 Å². The van der Waals surface area contributed by atoms with Gasteiger partial charge < -0.3 is 19.5 Å². The zero-order chi connectivity index (χ0) is 22.9. The van der Waals surface area contributed by atoms with Crippen LogP contribution in [-0.2, 0) is 16.1 Å². The predicted molar refractivity (Wildman–Crippen MR) is 131 cm³/mol. The molecule has 0 amide bonds. The highest BCUT2D eigenvalue weighted by Gasteiger charge is 2.33. The first-order chi connectivity index (χ1) is 15.6. The van der Waals surface area contributed by atoms with Gasteiger partial charge in [-0.05, 0) is 42.7 Å². The molecule has 0 spiro atoms. The van der Waals surface area contributed by atoms with Crippen LogP contribution in [0.15, 0.2) is 36.4 Å². The van der Waals surface area contributed by atoms with Crippen LogP contribution < -0.4 is 4.90 Å². The van der Waals surface area contributed by atoms with E-state index >= 15 is 0 Å². The number of aliphatic hydroxyl groups excluding tert-OH is 1. The number of benzene rings is 1. The van der Waals surface area contributed by atoms with E-state index in [0.29, 0.717) is 18.1 Å². The Bertz CT molecular complexity index is 841. The summed E-state index contributed by atoms with van der Waals surface area (Å²) in [6.45, 7) is 4.26. The lowest BCUT2D eigenvalue weighted by Crippen LogP contribution is -2.37. The average Bonchev–Trinajstić information content (AvgIpc) is 3.44. The number of halogens is 1. The Morgan fingerprint density at radius 3 is 2.72 bits per heavy atom. The number of aliphatic hydroxyl groups is 1. The highest BCUT2D eigenvalue weighted by atomic mass is 35.5. The van der Waals surface area contributed by atoms with Crippen LogP contribution in [0.1, 0.15) is 65.1 Å². The number of anilines is 1. The second-order valence-corrected chi connectivity index (χ2v) is 10.0. The van der Waals surface area contributed by atoms with Gasteiger partial charge in [0.05, 0.1) is 31.7 Å². The minimum absolute atomic E-state index is 0.0304. The Morgan fingerprint density at radius 1 is 1.25 bits per heavy atom. The molecule has 1 aromatic heterocycles. The van der Waals surface area contributed by atoms with E-state index in [-0.39, 0.29) is 29.9 Å². The molecule has 1 aliphatic rings. The lowest BCUT2D eigenvalue weighted by atomic mass is 9.93. The normalized spacial score (nSPS) is 19.3. The molecule has 0 saturated carbocycles. The van der Waals surface area contributed by atoms with Gasteiger partial charge in [0.2, 0.25) is 0 Å². The summed E-state index contributed by atoms with van der Waals surface area (Å²) >= 11 is 8.02. The van der Waals surface area contributed by atoms with Crippen molar-refractivity contribution in [3.8, 4) is 0 Å². The maximum atomic E-state index is 11.6. The fourth-order valence-electron chi connectivity index (χ4n) is 4.22. The third-order valence-electron chi connectivity index (χ3n) is 6.12. The number of nitrogens with zero attached hydrogens (tertiary/aromatic N) is 1. The van der Waals surface area contributed by atoms with Gasteiger partial charge >= 0.3 is 5.97 Å². The van der Waals surface area contributed by atoms with Gasteiger partial charge in [0, 0.05) is 29.6 Å². The maximum Gasteiger partial charge on any atom is 0.348 e. The van der Waals surface area contributed by atoms with Crippen LogP contribution in [0.25, 0.3) is 0 Å². The molecule has 3 atom stereocenters. The lowest BCUT2D eigenvalue weighted by molar-refractivity contribution is 0.0606. The summed E-state index contributed by atoms with van der Waals surface area (Å²) in [5.74, 6) is -0.115. The second-order valence-electron chi connectivity index (χ2n) is 8.30. The number of unbranched alkanes of at least 4 members (excludes halogenated alkanes) is 2. The minimum Gasteiger partial charge on any atom is -0.465 e. The fourth-order valence-corrected chi connectivity index (χ4v) is 5.39. The maximum absolute atomic E-state index is 11.6. The van der Waals surface area contributed by atoms with Crippen molar-refractivity contribution in [3.05, 3.63) is 51.7 Å². The van der Waals surface area contributed by atoms with Gasteiger partial charge in [-0.1, -0.05) is 38.3 Å². The summed E-state index contributed by atoms with van der Waals surface area (Å²) in [5.41, 5.74) is 2.33. The lowest BCUT2D eigenvalue weighted by Gasteiger charge is -2.28. The molecule has 1 aromatic carbocycles. The van der Waals surface area contributed by atoms with E-state index in [4.69, 9.17) is 21.1 Å². The molecule has 1 fully saturated rings. The number of alkyl halides is 1. The summed E-state index contributed by atoms with van der Waals surface area (Å²) in [7, 11) is 1.39. The molecular formula is C25H34ClNO4S. The number of methoxy groups -OCH3 is 1. The van der Waals surface area contributed by atoms with Crippen molar-refractivity contribution >= 4 is 34.6 Å². The second kappa shape index (κ2) is 12.6. The topological polar surface area (TPSA) is 59.0 Å². The molecule has 1 saturated heterocycles. The molecule has 2 aromatic rings. The Labute approximate surface area is 200 Å². The molecular weight excluding hydrogens is 446 g/mol. The third kappa shape index (κ3) is 6.47. The van der Waals surface area contributed by atoms with Gasteiger partial charge in [-0.2, -0.15) is 0 Å². The van der Waals surface area contributed by atoms with E-state index in [1.54, 1.807) is 6.07 Å². The van der Waals surface area contributed by atoms with E-state index in [1.165, 1.54) is 36.9 Å². The summed E-state index contributed by atoms with van der Waals surface area (Å²) < 4.78 is 10.7. The molecule has 7 heteroatoms. The molecule has 5 nitrogen and oxygen atoms in total. The highest BCUT2D eigenvalue weighted by molar-refractivity contribution is 7.13. The Morgan fingerprint density at radius 2 is 2.03 bits per heavy atom. The number of ether oxygens (including phenoxy) is 2. The van der Waals surface area contributed by atoms with Crippen molar-refractivity contribution in [2.24, 2.45) is 0 Å². The monoisotopic (exact) mass is 479 g/mol. The SMILES string of the molecule is CCCCCC(CO)c1ccc(N2CCC(Cl)C2COCc2ccc(C(=O)OC)s2)cc1. The number of carbonyl (C=O) groups excluding carboxylic acids is 1. The number of rotatable bonds is 12. The van der Waals surface area contributed by atoms with Crippen molar-refractivity contribution in [1.82, 2.24) is 0 Å². The van der Waals surface area contributed by atoms with Crippen molar-refractivity contribution < 1.29 is 19.4 Å². The molecule has 176 valence electrons. The number of hydrogen-bond acceptors (Lipinski definition) is 6. The highest BCUT2D eigenvalue weighted by Crippen LogP contribution is 2.31. The van der Waals surface area contributed by atoms with Gasteiger partial charge in [0.25, 0.3) is 0 Å². The third-order valence-corrected chi connectivity index (χ3v) is 7.67. The van der Waals surface area contributed by atoms with Crippen LogP contribution in [0.4, 0.5) is 5.69 Å². The summed E-state index contributed by atoms with van der Waals surface area (Å²) in [6, 6.07) is 12.3. The van der Waals surface area contributed by atoms with E-state index in [0.717, 1.165) is 36.4 Å². The molecule has 32 heavy (non-hydrogen) atoms. The first kappa shape index (κ1) is 25.0. The number of thiophene rings is 1. The van der Waals surface area contributed by atoms with Crippen molar-refractivity contribution in [2.45, 2.75) is 63.0 Å². The average molecular weight is 480 g/mol. The fraction of sp³-hybridized carbons (Fsp3) is 0.560. The van der Waals surface area contributed by atoms with Crippen molar-refractivity contribution in [3.63, 3.8) is 0 Å². The molecule has 0 radical (unpaired) electrons. The molecule has 0 aliphatic carbocycles. The molecule has 0 bridgehead atoms. The largest absolute Gasteiger partial charge is 0.465 e. The van der Waals surface area contributed by atoms with Gasteiger partial charge in [0.1, 0.15) is 4.88 Å². The number of hydrogen-bond donors (Lipinski definition) is 1. The van der Waals surface area contributed by atoms with Crippen LogP contribution in [0.3, 0.4) is 0 Å². The van der Waals surface area contributed by atoms with Crippen LogP contribution in [0, 0.1) is 0 Å². The van der Waals surface area contributed by atoms with Gasteiger partial charge in [-0.25, -0.2) is 4.79 Å². The van der Waals surface area contributed by atoms with Crippen LogP contribution in [0.2, 0.25) is 0 Å². The molecule has 3 unspecified atom stereocenters. The van der Waals surface area contributed by atoms with Crippen molar-refractivity contribution in [2.75, 3.05) is 31.8 Å². The molecule has 1 aliphatic heterocycles. The Hall–Kier alpha value is -1.60. The van der Waals surface area contributed by atoms with Crippen molar-refractivity contribution in [1.29, 1.82) is 0 Å². The molecule has 1 N–H and O–H groups in total. The number of esters is 1. The van der Waals surface area contributed by atoms with Gasteiger partial charge in [-0.15, -0.1) is 22.9 Å². The molecule has 3 rings (SSSR count). The molecule has 2 heterocycles. The summed E-state index contributed by atoms with van der Waals surface area (Å²) in [4.78, 5) is 15.5. The van der Waals surface area contributed by atoms with Crippen LogP contribution in [-0.4, -0.2) is 49.4 Å². The Balaban J connectivity index is 1.57. The van der Waals surface area contributed by atoms with Gasteiger partial charge in [0.15, 0.2) is 0 Å².